The van der Waals surface area contributed by atoms with Gasteiger partial charge in [0.15, 0.2) is 0 Å². The minimum absolute atomic E-state index is 1.14. The summed E-state index contributed by atoms with van der Waals surface area (Å²) in [4.78, 5) is 4.43. The lowest BCUT2D eigenvalue weighted by atomic mass is 10.1. The minimum Gasteiger partial charge on any atom is -0.335 e. The van der Waals surface area contributed by atoms with Crippen LogP contribution in [0, 0.1) is 0 Å². The summed E-state index contributed by atoms with van der Waals surface area (Å²) in [5, 5.41) is 0. The molecule has 0 aliphatic heterocycles. The van der Waals surface area contributed by atoms with Crippen LogP contribution in [0.5, 0.6) is 0 Å². The lowest BCUT2D eigenvalue weighted by Crippen LogP contribution is -2.03. The fraction of sp³-hybridized carbons (Fsp3) is 0.769. The molecule has 0 N–H and O–H groups in total. The smallest absolute Gasteiger partial charge is 0.108 e. The Balaban J connectivity index is 2.29. The first-order valence-corrected chi connectivity index (χ1v) is 6.38. The largest absolute Gasteiger partial charge is 0.335 e. The van der Waals surface area contributed by atoms with Crippen molar-refractivity contribution in [2.75, 3.05) is 0 Å². The standard InChI is InChI=1S/C13H24N2/c1-3-5-7-8-9-13-14-10-12-15(13)11-6-4-2/h10,12H,3-9,11H2,1-2H3. The van der Waals surface area contributed by atoms with Crippen LogP contribution in [0.15, 0.2) is 12.4 Å². The Morgan fingerprint density at radius 1 is 1.07 bits per heavy atom. The molecule has 0 radical (unpaired) electrons. The minimum atomic E-state index is 1.14. The first-order valence-electron chi connectivity index (χ1n) is 6.38. The van der Waals surface area contributed by atoms with E-state index < -0.39 is 0 Å². The number of imidazole rings is 1. The molecule has 0 saturated carbocycles. The summed E-state index contributed by atoms with van der Waals surface area (Å²) in [7, 11) is 0. The highest BCUT2D eigenvalue weighted by molar-refractivity contribution is 4.92. The van der Waals surface area contributed by atoms with Crippen LogP contribution >= 0.6 is 0 Å². The molecule has 15 heavy (non-hydrogen) atoms. The second kappa shape index (κ2) is 7.49. The van der Waals surface area contributed by atoms with E-state index in [0.29, 0.717) is 0 Å². The number of nitrogens with zero attached hydrogens (tertiary/aromatic N) is 2. The Morgan fingerprint density at radius 3 is 2.60 bits per heavy atom. The summed E-state index contributed by atoms with van der Waals surface area (Å²) in [5.74, 6) is 1.28. The molecule has 1 heterocycles. The van der Waals surface area contributed by atoms with E-state index in [-0.39, 0.29) is 0 Å². The molecule has 86 valence electrons. The maximum Gasteiger partial charge on any atom is 0.108 e. The molecule has 0 unspecified atom stereocenters. The Hall–Kier alpha value is -0.790. The molecule has 0 aliphatic carbocycles. The number of aryl methyl sites for hydroxylation is 2. The van der Waals surface area contributed by atoms with Gasteiger partial charge in [-0.1, -0.05) is 39.5 Å². The average Bonchev–Trinajstić information content (AvgIpc) is 2.69. The average molecular weight is 208 g/mol. The molecule has 0 saturated heterocycles. The van der Waals surface area contributed by atoms with Gasteiger partial charge in [0.2, 0.25) is 0 Å². The van der Waals surface area contributed by atoms with Crippen molar-refractivity contribution < 1.29 is 0 Å². The van der Waals surface area contributed by atoms with Crippen LogP contribution in [0.1, 0.15) is 58.2 Å². The van der Waals surface area contributed by atoms with Gasteiger partial charge in [0.25, 0.3) is 0 Å². The van der Waals surface area contributed by atoms with E-state index in [1.807, 2.05) is 6.20 Å². The Labute approximate surface area is 93.7 Å². The number of rotatable bonds is 8. The summed E-state index contributed by atoms with van der Waals surface area (Å²) in [5.41, 5.74) is 0. The topological polar surface area (TPSA) is 17.8 Å². The number of unbranched alkanes of at least 4 members (excludes halogenated alkanes) is 4. The molecule has 2 nitrogen and oxygen atoms in total. The molecule has 0 aliphatic rings. The zero-order valence-corrected chi connectivity index (χ0v) is 10.2. The van der Waals surface area contributed by atoms with Crippen LogP contribution in [0.25, 0.3) is 0 Å². The Morgan fingerprint density at radius 2 is 1.87 bits per heavy atom. The molecule has 0 bridgehead atoms. The van der Waals surface area contributed by atoms with Gasteiger partial charge in [0, 0.05) is 25.4 Å². The van der Waals surface area contributed by atoms with Crippen LogP contribution in [0.3, 0.4) is 0 Å². The molecular formula is C13H24N2. The highest BCUT2D eigenvalue weighted by atomic mass is 15.1. The van der Waals surface area contributed by atoms with E-state index in [1.165, 1.54) is 44.3 Å². The summed E-state index contributed by atoms with van der Waals surface area (Å²) < 4.78 is 2.31. The number of aromatic nitrogens is 2. The van der Waals surface area contributed by atoms with E-state index in [4.69, 9.17) is 0 Å². The maximum absolute atomic E-state index is 4.43. The molecule has 0 atom stereocenters. The van der Waals surface area contributed by atoms with E-state index in [2.05, 4.69) is 29.6 Å². The van der Waals surface area contributed by atoms with Gasteiger partial charge in [-0.25, -0.2) is 4.98 Å². The Kier molecular flexibility index (Phi) is 6.14. The summed E-state index contributed by atoms with van der Waals surface area (Å²) in [6, 6.07) is 0. The first kappa shape index (κ1) is 12.3. The fourth-order valence-corrected chi connectivity index (χ4v) is 1.81. The second-order valence-electron chi connectivity index (χ2n) is 4.20. The van der Waals surface area contributed by atoms with Crippen molar-refractivity contribution >= 4 is 0 Å². The second-order valence-corrected chi connectivity index (χ2v) is 4.20. The lowest BCUT2D eigenvalue weighted by molar-refractivity contribution is 0.579. The fourth-order valence-electron chi connectivity index (χ4n) is 1.81. The van der Waals surface area contributed by atoms with Gasteiger partial charge < -0.3 is 4.57 Å². The van der Waals surface area contributed by atoms with Crippen molar-refractivity contribution in [2.24, 2.45) is 0 Å². The van der Waals surface area contributed by atoms with Crippen molar-refractivity contribution in [1.29, 1.82) is 0 Å². The number of hydrogen-bond donors (Lipinski definition) is 0. The highest BCUT2D eigenvalue weighted by Crippen LogP contribution is 2.07. The molecule has 1 aromatic rings. The highest BCUT2D eigenvalue weighted by Gasteiger charge is 2.01. The first-order chi connectivity index (χ1) is 7.38. The monoisotopic (exact) mass is 208 g/mol. The van der Waals surface area contributed by atoms with Gasteiger partial charge in [-0.3, -0.25) is 0 Å². The molecule has 0 amide bonds. The van der Waals surface area contributed by atoms with Gasteiger partial charge in [-0.2, -0.15) is 0 Å². The maximum atomic E-state index is 4.43. The molecule has 0 fully saturated rings. The van der Waals surface area contributed by atoms with Crippen LogP contribution in [-0.4, -0.2) is 9.55 Å². The quantitative estimate of drug-likeness (QED) is 0.594. The summed E-state index contributed by atoms with van der Waals surface area (Å²) in [6.45, 7) is 5.62. The third kappa shape index (κ3) is 4.50. The molecule has 2 heteroatoms. The SMILES string of the molecule is CCCCCCc1nccn1CCCC. The van der Waals surface area contributed by atoms with Gasteiger partial charge in [-0.15, -0.1) is 0 Å². The van der Waals surface area contributed by atoms with Crippen molar-refractivity contribution in [3.8, 4) is 0 Å². The normalized spacial score (nSPS) is 10.8. The predicted molar refractivity (Wildman–Crippen MR) is 65.0 cm³/mol. The summed E-state index contributed by atoms with van der Waals surface area (Å²) >= 11 is 0. The van der Waals surface area contributed by atoms with Gasteiger partial charge in [0.05, 0.1) is 0 Å². The summed E-state index contributed by atoms with van der Waals surface area (Å²) in [6.07, 6.45) is 13.0. The van der Waals surface area contributed by atoms with Crippen LogP contribution in [0.4, 0.5) is 0 Å². The zero-order valence-electron chi connectivity index (χ0n) is 10.2. The van der Waals surface area contributed by atoms with E-state index in [9.17, 15) is 0 Å². The zero-order chi connectivity index (χ0) is 10.9. The van der Waals surface area contributed by atoms with Crippen LogP contribution in [0.2, 0.25) is 0 Å². The van der Waals surface area contributed by atoms with Crippen molar-refractivity contribution in [3.05, 3.63) is 18.2 Å². The third-order valence-corrected chi connectivity index (χ3v) is 2.81. The van der Waals surface area contributed by atoms with E-state index >= 15 is 0 Å². The van der Waals surface area contributed by atoms with E-state index in [1.54, 1.807) is 0 Å². The molecule has 0 aromatic carbocycles. The van der Waals surface area contributed by atoms with E-state index in [0.717, 1.165) is 13.0 Å². The van der Waals surface area contributed by atoms with Crippen molar-refractivity contribution in [1.82, 2.24) is 9.55 Å². The van der Waals surface area contributed by atoms with Crippen molar-refractivity contribution in [3.63, 3.8) is 0 Å². The van der Waals surface area contributed by atoms with Gasteiger partial charge >= 0.3 is 0 Å². The molecule has 0 spiro atoms. The van der Waals surface area contributed by atoms with Crippen LogP contribution in [-0.2, 0) is 13.0 Å². The molecule has 1 aromatic heterocycles. The van der Waals surface area contributed by atoms with Crippen molar-refractivity contribution in [2.45, 2.75) is 65.3 Å². The predicted octanol–water partition coefficient (Wildman–Crippen LogP) is 3.81. The van der Waals surface area contributed by atoms with Crippen LogP contribution < -0.4 is 0 Å². The molecular weight excluding hydrogens is 184 g/mol. The number of hydrogen-bond acceptors (Lipinski definition) is 1. The van der Waals surface area contributed by atoms with Gasteiger partial charge in [0.1, 0.15) is 5.82 Å². The molecule has 1 rings (SSSR count). The lowest BCUT2D eigenvalue weighted by Gasteiger charge is -2.06. The Bertz CT molecular complexity index is 253. The third-order valence-electron chi connectivity index (χ3n) is 2.81. The van der Waals surface area contributed by atoms with Gasteiger partial charge in [-0.05, 0) is 12.8 Å².